The molecule has 0 spiro atoms. The standard InChI is InChI=1S/C10H6FN5O2/c11-7-4-12-8-2-1-6(15-16(7)8)5-3-13-10(18)14-9(5)17/h1-4H,(H2,13,14,17,18). The fraction of sp³-hybridized carbons (Fsp3) is 0. The Labute approximate surface area is 97.9 Å². The van der Waals surface area contributed by atoms with Crippen LogP contribution in [0.1, 0.15) is 0 Å². The molecule has 0 saturated heterocycles. The number of aromatic nitrogens is 5. The smallest absolute Gasteiger partial charge is 0.313 e. The van der Waals surface area contributed by atoms with Crippen LogP contribution in [0, 0.1) is 5.95 Å². The minimum absolute atomic E-state index is 0.143. The van der Waals surface area contributed by atoms with E-state index in [2.05, 4.69) is 20.1 Å². The van der Waals surface area contributed by atoms with Gasteiger partial charge in [-0.25, -0.2) is 9.78 Å². The van der Waals surface area contributed by atoms with Gasteiger partial charge in [0, 0.05) is 6.20 Å². The van der Waals surface area contributed by atoms with Crippen LogP contribution in [0.25, 0.3) is 16.9 Å². The molecule has 0 bridgehead atoms. The number of hydrogen-bond acceptors (Lipinski definition) is 4. The second-order valence-electron chi connectivity index (χ2n) is 3.56. The largest absolute Gasteiger partial charge is 0.325 e. The highest BCUT2D eigenvalue weighted by molar-refractivity contribution is 5.57. The number of imidazole rings is 1. The first-order chi connectivity index (χ1) is 8.65. The number of hydrogen-bond donors (Lipinski definition) is 2. The molecule has 0 atom stereocenters. The van der Waals surface area contributed by atoms with Crippen LogP contribution >= 0.6 is 0 Å². The Kier molecular flexibility index (Phi) is 2.09. The highest BCUT2D eigenvalue weighted by Crippen LogP contribution is 2.12. The van der Waals surface area contributed by atoms with Gasteiger partial charge in [0.15, 0.2) is 5.65 Å². The summed E-state index contributed by atoms with van der Waals surface area (Å²) in [4.78, 5) is 30.6. The molecule has 0 aliphatic carbocycles. The summed E-state index contributed by atoms with van der Waals surface area (Å²) in [5.41, 5.74) is -0.497. The van der Waals surface area contributed by atoms with Crippen LogP contribution in [0.5, 0.6) is 0 Å². The molecular weight excluding hydrogens is 241 g/mol. The summed E-state index contributed by atoms with van der Waals surface area (Å²) in [6.45, 7) is 0. The molecule has 18 heavy (non-hydrogen) atoms. The Morgan fingerprint density at radius 3 is 2.89 bits per heavy atom. The molecule has 3 aromatic heterocycles. The highest BCUT2D eigenvalue weighted by atomic mass is 19.1. The maximum Gasteiger partial charge on any atom is 0.325 e. The van der Waals surface area contributed by atoms with Crippen molar-refractivity contribution in [1.82, 2.24) is 24.6 Å². The highest BCUT2D eigenvalue weighted by Gasteiger charge is 2.09. The van der Waals surface area contributed by atoms with Crippen molar-refractivity contribution in [3.63, 3.8) is 0 Å². The van der Waals surface area contributed by atoms with E-state index in [9.17, 15) is 14.0 Å². The van der Waals surface area contributed by atoms with Crippen LogP contribution in [-0.2, 0) is 0 Å². The minimum atomic E-state index is -0.632. The summed E-state index contributed by atoms with van der Waals surface area (Å²) in [7, 11) is 0. The van der Waals surface area contributed by atoms with Gasteiger partial charge in [0.2, 0.25) is 5.95 Å². The predicted octanol–water partition coefficient (Wildman–Crippen LogP) is -0.0880. The van der Waals surface area contributed by atoms with E-state index in [1.54, 1.807) is 0 Å². The van der Waals surface area contributed by atoms with Crippen molar-refractivity contribution in [2.45, 2.75) is 0 Å². The molecule has 7 nitrogen and oxygen atoms in total. The second kappa shape index (κ2) is 3.62. The van der Waals surface area contributed by atoms with Crippen molar-refractivity contribution < 1.29 is 4.39 Å². The zero-order valence-electron chi connectivity index (χ0n) is 8.85. The first kappa shape index (κ1) is 10.4. The molecule has 0 unspecified atom stereocenters. The number of aromatic amines is 2. The van der Waals surface area contributed by atoms with Gasteiger partial charge in [-0.15, -0.1) is 0 Å². The van der Waals surface area contributed by atoms with Gasteiger partial charge in [-0.1, -0.05) is 0 Å². The summed E-state index contributed by atoms with van der Waals surface area (Å²) >= 11 is 0. The van der Waals surface area contributed by atoms with Crippen LogP contribution in [0.2, 0.25) is 0 Å². The van der Waals surface area contributed by atoms with Crippen molar-refractivity contribution in [3.8, 4) is 11.3 Å². The molecule has 3 rings (SSSR count). The Bertz CT molecular complexity index is 847. The van der Waals surface area contributed by atoms with Crippen molar-refractivity contribution in [1.29, 1.82) is 0 Å². The Balaban J connectivity index is 2.28. The zero-order chi connectivity index (χ0) is 12.7. The topological polar surface area (TPSA) is 95.9 Å². The average Bonchev–Trinajstić information content (AvgIpc) is 2.71. The minimum Gasteiger partial charge on any atom is -0.313 e. The molecule has 8 heteroatoms. The maximum absolute atomic E-state index is 13.3. The molecular formula is C10H6FN5O2. The fourth-order valence-electron chi connectivity index (χ4n) is 1.59. The third-order valence-corrected chi connectivity index (χ3v) is 2.42. The lowest BCUT2D eigenvalue weighted by Crippen LogP contribution is -2.23. The van der Waals surface area contributed by atoms with Gasteiger partial charge in [-0.2, -0.15) is 14.0 Å². The lowest BCUT2D eigenvalue weighted by molar-refractivity contribution is 0.549. The SMILES string of the molecule is O=c1[nH]cc(-c2ccc3ncc(F)n3n2)c(=O)[nH]1. The average molecular weight is 247 g/mol. The molecule has 0 fully saturated rings. The summed E-state index contributed by atoms with van der Waals surface area (Å²) < 4.78 is 14.3. The molecule has 0 amide bonds. The molecule has 2 N–H and O–H groups in total. The Hall–Kier alpha value is -2.77. The Morgan fingerprint density at radius 2 is 2.11 bits per heavy atom. The summed E-state index contributed by atoms with van der Waals surface area (Å²) in [6.07, 6.45) is 2.26. The van der Waals surface area contributed by atoms with Crippen molar-refractivity contribution in [2.24, 2.45) is 0 Å². The number of halogens is 1. The molecule has 3 heterocycles. The first-order valence-corrected chi connectivity index (χ1v) is 4.98. The zero-order valence-corrected chi connectivity index (χ0v) is 8.85. The molecule has 0 aromatic carbocycles. The molecule has 3 aromatic rings. The van der Waals surface area contributed by atoms with Crippen molar-refractivity contribution in [2.75, 3.05) is 0 Å². The number of rotatable bonds is 1. The van der Waals surface area contributed by atoms with Gasteiger partial charge in [-0.05, 0) is 12.1 Å². The van der Waals surface area contributed by atoms with Gasteiger partial charge in [0.25, 0.3) is 5.56 Å². The van der Waals surface area contributed by atoms with E-state index in [0.717, 1.165) is 10.7 Å². The van der Waals surface area contributed by atoms with Crippen LogP contribution in [0.15, 0.2) is 34.1 Å². The van der Waals surface area contributed by atoms with E-state index in [1.807, 2.05) is 0 Å². The van der Waals surface area contributed by atoms with E-state index < -0.39 is 17.2 Å². The second-order valence-corrected chi connectivity index (χ2v) is 3.56. The number of H-pyrrole nitrogens is 2. The van der Waals surface area contributed by atoms with Crippen LogP contribution in [0.3, 0.4) is 0 Å². The number of nitrogens with one attached hydrogen (secondary N) is 2. The van der Waals surface area contributed by atoms with E-state index in [-0.39, 0.29) is 11.3 Å². The lowest BCUT2D eigenvalue weighted by Gasteiger charge is -2.00. The predicted molar refractivity (Wildman–Crippen MR) is 59.6 cm³/mol. The molecule has 0 radical (unpaired) electrons. The number of fused-ring (bicyclic) bond motifs is 1. The van der Waals surface area contributed by atoms with Crippen LogP contribution in [0.4, 0.5) is 4.39 Å². The van der Waals surface area contributed by atoms with Crippen LogP contribution < -0.4 is 11.2 Å². The third-order valence-electron chi connectivity index (χ3n) is 2.42. The van der Waals surface area contributed by atoms with E-state index >= 15 is 0 Å². The Morgan fingerprint density at radius 1 is 1.28 bits per heavy atom. The summed E-state index contributed by atoms with van der Waals surface area (Å²) in [5, 5.41) is 3.93. The van der Waals surface area contributed by atoms with E-state index in [0.29, 0.717) is 5.65 Å². The third kappa shape index (κ3) is 1.51. The van der Waals surface area contributed by atoms with Crippen molar-refractivity contribution >= 4 is 5.65 Å². The lowest BCUT2D eigenvalue weighted by atomic mass is 10.2. The maximum atomic E-state index is 13.3. The molecule has 0 aliphatic rings. The van der Waals surface area contributed by atoms with Gasteiger partial charge in [0.05, 0.1) is 17.5 Å². The van der Waals surface area contributed by atoms with E-state index in [4.69, 9.17) is 0 Å². The molecule has 0 saturated carbocycles. The van der Waals surface area contributed by atoms with Gasteiger partial charge in [-0.3, -0.25) is 9.78 Å². The van der Waals surface area contributed by atoms with Gasteiger partial charge < -0.3 is 4.98 Å². The first-order valence-electron chi connectivity index (χ1n) is 4.98. The fourth-order valence-corrected chi connectivity index (χ4v) is 1.59. The van der Waals surface area contributed by atoms with Gasteiger partial charge >= 0.3 is 5.69 Å². The summed E-state index contributed by atoms with van der Waals surface area (Å²) in [6, 6.07) is 3.04. The van der Waals surface area contributed by atoms with Crippen LogP contribution in [-0.4, -0.2) is 24.6 Å². The quantitative estimate of drug-likeness (QED) is 0.628. The molecule has 0 aliphatic heterocycles. The monoisotopic (exact) mass is 247 g/mol. The number of nitrogens with zero attached hydrogens (tertiary/aromatic N) is 3. The summed E-state index contributed by atoms with van der Waals surface area (Å²) in [5.74, 6) is -0.632. The normalized spacial score (nSPS) is 10.9. The molecule has 90 valence electrons. The van der Waals surface area contributed by atoms with Gasteiger partial charge in [0.1, 0.15) is 0 Å². The van der Waals surface area contributed by atoms with E-state index in [1.165, 1.54) is 18.3 Å². The van der Waals surface area contributed by atoms with Crippen molar-refractivity contribution in [3.05, 3.63) is 51.3 Å².